The molecule has 1 N–H and O–H groups in total. The molecule has 5 heteroatoms. The van der Waals surface area contributed by atoms with E-state index in [0.717, 1.165) is 5.56 Å². The molecule has 1 aliphatic rings. The highest BCUT2D eigenvalue weighted by Gasteiger charge is 2.28. The summed E-state index contributed by atoms with van der Waals surface area (Å²) in [5.41, 5.74) is 1.51. The van der Waals surface area contributed by atoms with Gasteiger partial charge in [-0.15, -0.1) is 0 Å². The molecule has 112 valence electrons. The Morgan fingerprint density at radius 1 is 1.23 bits per heavy atom. The van der Waals surface area contributed by atoms with E-state index in [1.165, 1.54) is 12.1 Å². The van der Waals surface area contributed by atoms with Crippen LogP contribution in [0.25, 0.3) is 0 Å². The SMILES string of the molecule is COc1ccc2c(c1)O[C@H](c1ccc(C(=O)O)cc1)CC2=O. The molecule has 0 aromatic heterocycles. The summed E-state index contributed by atoms with van der Waals surface area (Å²) in [6, 6.07) is 11.5. The van der Waals surface area contributed by atoms with Gasteiger partial charge >= 0.3 is 5.97 Å². The van der Waals surface area contributed by atoms with Gasteiger partial charge in [0, 0.05) is 6.07 Å². The molecule has 0 aliphatic carbocycles. The van der Waals surface area contributed by atoms with Crippen LogP contribution in [0.5, 0.6) is 11.5 Å². The lowest BCUT2D eigenvalue weighted by Crippen LogP contribution is -2.20. The maximum absolute atomic E-state index is 12.2. The lowest BCUT2D eigenvalue weighted by atomic mass is 9.95. The largest absolute Gasteiger partial charge is 0.497 e. The van der Waals surface area contributed by atoms with E-state index in [4.69, 9.17) is 14.6 Å². The number of ketones is 1. The number of carboxylic acid groups (broad SMARTS) is 1. The molecule has 2 aromatic rings. The van der Waals surface area contributed by atoms with Crippen LogP contribution in [-0.4, -0.2) is 24.0 Å². The molecule has 0 radical (unpaired) electrons. The number of carbonyl (C=O) groups is 2. The van der Waals surface area contributed by atoms with Gasteiger partial charge in [0.1, 0.15) is 17.6 Å². The molecule has 2 aromatic carbocycles. The van der Waals surface area contributed by atoms with Crippen molar-refractivity contribution in [2.45, 2.75) is 12.5 Å². The predicted octanol–water partition coefficient (Wildman–Crippen LogP) is 3.10. The minimum Gasteiger partial charge on any atom is -0.497 e. The number of carboxylic acids is 1. The minimum absolute atomic E-state index is 0.00351. The van der Waals surface area contributed by atoms with E-state index in [2.05, 4.69) is 0 Å². The van der Waals surface area contributed by atoms with Crippen molar-refractivity contribution in [3.63, 3.8) is 0 Å². The third kappa shape index (κ3) is 2.53. The van der Waals surface area contributed by atoms with Crippen LogP contribution in [0.2, 0.25) is 0 Å². The van der Waals surface area contributed by atoms with Crippen LogP contribution in [0.15, 0.2) is 42.5 Å². The molecule has 1 atom stereocenters. The summed E-state index contributed by atoms with van der Waals surface area (Å²) in [5.74, 6) is 0.120. The van der Waals surface area contributed by atoms with Crippen LogP contribution in [-0.2, 0) is 0 Å². The van der Waals surface area contributed by atoms with E-state index >= 15 is 0 Å². The van der Waals surface area contributed by atoms with Crippen molar-refractivity contribution in [2.24, 2.45) is 0 Å². The molecule has 1 heterocycles. The summed E-state index contributed by atoms with van der Waals surface area (Å²) in [6.45, 7) is 0. The molecule has 5 nitrogen and oxygen atoms in total. The zero-order chi connectivity index (χ0) is 15.7. The average Bonchev–Trinajstić information content (AvgIpc) is 2.54. The quantitative estimate of drug-likeness (QED) is 0.942. The molecule has 0 bridgehead atoms. The Morgan fingerprint density at radius 2 is 1.95 bits per heavy atom. The standard InChI is InChI=1S/C17H14O5/c1-21-12-6-7-13-14(18)9-15(22-16(13)8-12)10-2-4-11(5-3-10)17(19)20/h2-8,15H,9H2,1H3,(H,19,20)/t15-/m0/s1. The van der Waals surface area contributed by atoms with Gasteiger partial charge in [-0.1, -0.05) is 12.1 Å². The minimum atomic E-state index is -0.984. The smallest absolute Gasteiger partial charge is 0.335 e. The zero-order valence-electron chi connectivity index (χ0n) is 11.9. The second-order valence-corrected chi connectivity index (χ2v) is 5.02. The van der Waals surface area contributed by atoms with E-state index < -0.39 is 12.1 Å². The van der Waals surface area contributed by atoms with Gasteiger partial charge in [-0.25, -0.2) is 4.79 Å². The third-order valence-electron chi connectivity index (χ3n) is 3.66. The van der Waals surface area contributed by atoms with Crippen molar-refractivity contribution in [3.05, 3.63) is 59.2 Å². The Balaban J connectivity index is 1.90. The van der Waals surface area contributed by atoms with Crippen molar-refractivity contribution >= 4 is 11.8 Å². The van der Waals surface area contributed by atoms with Crippen molar-refractivity contribution in [2.75, 3.05) is 7.11 Å². The highest BCUT2D eigenvalue weighted by Crippen LogP contribution is 2.36. The molecule has 22 heavy (non-hydrogen) atoms. The number of hydrogen-bond donors (Lipinski definition) is 1. The lowest BCUT2D eigenvalue weighted by molar-refractivity contribution is 0.0695. The second-order valence-electron chi connectivity index (χ2n) is 5.02. The number of benzene rings is 2. The van der Waals surface area contributed by atoms with Crippen LogP contribution in [0.3, 0.4) is 0 Å². The third-order valence-corrected chi connectivity index (χ3v) is 3.66. The van der Waals surface area contributed by atoms with Crippen LogP contribution in [0, 0.1) is 0 Å². The van der Waals surface area contributed by atoms with E-state index in [1.807, 2.05) is 0 Å². The predicted molar refractivity (Wildman–Crippen MR) is 78.7 cm³/mol. The molecule has 3 rings (SSSR count). The summed E-state index contributed by atoms with van der Waals surface area (Å²) >= 11 is 0. The van der Waals surface area contributed by atoms with Gasteiger partial charge in [-0.3, -0.25) is 4.79 Å². The monoisotopic (exact) mass is 298 g/mol. The summed E-state index contributed by atoms with van der Waals surface area (Å²) in [5, 5.41) is 8.92. The number of aromatic carboxylic acids is 1. The summed E-state index contributed by atoms with van der Waals surface area (Å²) in [7, 11) is 1.55. The number of Topliss-reactive ketones (excluding diaryl/α,β-unsaturated/α-hetero) is 1. The van der Waals surface area contributed by atoms with E-state index in [-0.39, 0.29) is 17.8 Å². The van der Waals surface area contributed by atoms with Gasteiger partial charge in [0.2, 0.25) is 0 Å². The number of rotatable bonds is 3. The highest BCUT2D eigenvalue weighted by molar-refractivity contribution is 6.00. The maximum atomic E-state index is 12.2. The van der Waals surface area contributed by atoms with E-state index in [1.54, 1.807) is 37.4 Å². The first kappa shape index (κ1) is 14.1. The van der Waals surface area contributed by atoms with Gasteiger partial charge in [0.15, 0.2) is 5.78 Å². The van der Waals surface area contributed by atoms with Crippen molar-refractivity contribution < 1.29 is 24.2 Å². The molecule has 0 saturated heterocycles. The van der Waals surface area contributed by atoms with Crippen molar-refractivity contribution in [1.82, 2.24) is 0 Å². The topological polar surface area (TPSA) is 72.8 Å². The van der Waals surface area contributed by atoms with E-state index in [9.17, 15) is 9.59 Å². The van der Waals surface area contributed by atoms with Gasteiger partial charge in [-0.05, 0) is 29.8 Å². The molecular weight excluding hydrogens is 284 g/mol. The van der Waals surface area contributed by atoms with Crippen molar-refractivity contribution in [3.8, 4) is 11.5 Å². The highest BCUT2D eigenvalue weighted by atomic mass is 16.5. The number of carbonyl (C=O) groups excluding carboxylic acids is 1. The Hall–Kier alpha value is -2.82. The lowest BCUT2D eigenvalue weighted by Gasteiger charge is -2.25. The molecular formula is C17H14O5. The van der Waals surface area contributed by atoms with Crippen molar-refractivity contribution in [1.29, 1.82) is 0 Å². The van der Waals surface area contributed by atoms with Crippen LogP contribution < -0.4 is 9.47 Å². The van der Waals surface area contributed by atoms with Crippen LogP contribution in [0.4, 0.5) is 0 Å². The Morgan fingerprint density at radius 3 is 2.59 bits per heavy atom. The normalized spacial score (nSPS) is 16.6. The molecule has 0 fully saturated rings. The zero-order valence-corrected chi connectivity index (χ0v) is 11.9. The summed E-state index contributed by atoms with van der Waals surface area (Å²) in [6.07, 6.45) is -0.193. The first-order chi connectivity index (χ1) is 10.6. The Kier molecular flexibility index (Phi) is 3.55. The fraction of sp³-hybridized carbons (Fsp3) is 0.176. The summed E-state index contributed by atoms with van der Waals surface area (Å²) < 4.78 is 11.0. The molecule has 0 saturated carbocycles. The molecule has 0 unspecified atom stereocenters. The molecule has 0 amide bonds. The van der Waals surface area contributed by atoms with Crippen LogP contribution >= 0.6 is 0 Å². The number of fused-ring (bicyclic) bond motifs is 1. The maximum Gasteiger partial charge on any atom is 0.335 e. The van der Waals surface area contributed by atoms with Gasteiger partial charge in [0.05, 0.1) is 24.7 Å². The van der Waals surface area contributed by atoms with Gasteiger partial charge in [-0.2, -0.15) is 0 Å². The number of hydrogen-bond acceptors (Lipinski definition) is 4. The Bertz CT molecular complexity index is 733. The van der Waals surface area contributed by atoms with Gasteiger partial charge in [0.25, 0.3) is 0 Å². The van der Waals surface area contributed by atoms with E-state index in [0.29, 0.717) is 17.1 Å². The fourth-order valence-corrected chi connectivity index (χ4v) is 2.46. The number of methoxy groups -OCH3 is 1. The van der Waals surface area contributed by atoms with Crippen LogP contribution in [0.1, 0.15) is 38.8 Å². The molecule has 0 spiro atoms. The first-order valence-electron chi connectivity index (χ1n) is 6.79. The second kappa shape index (κ2) is 5.52. The summed E-state index contributed by atoms with van der Waals surface area (Å²) in [4.78, 5) is 23.1. The first-order valence-corrected chi connectivity index (χ1v) is 6.79. The van der Waals surface area contributed by atoms with Gasteiger partial charge < -0.3 is 14.6 Å². The average molecular weight is 298 g/mol. The number of ether oxygens (including phenoxy) is 2. The Labute approximate surface area is 127 Å². The fourth-order valence-electron chi connectivity index (χ4n) is 2.46. The molecule has 1 aliphatic heterocycles.